The molecule has 0 bridgehead atoms. The Morgan fingerprint density at radius 2 is 2.00 bits per heavy atom. The van der Waals surface area contributed by atoms with Gasteiger partial charge in [-0.25, -0.2) is 4.79 Å². The molecule has 22 heavy (non-hydrogen) atoms. The first kappa shape index (κ1) is 18.1. The van der Waals surface area contributed by atoms with Gasteiger partial charge in [-0.15, -0.1) is 0 Å². The highest BCUT2D eigenvalue weighted by molar-refractivity contribution is 7.87. The highest BCUT2D eigenvalue weighted by Crippen LogP contribution is 2.07. The lowest BCUT2D eigenvalue weighted by atomic mass is 10.1. The second kappa shape index (κ2) is 7.89. The summed E-state index contributed by atoms with van der Waals surface area (Å²) >= 11 is 0. The molecule has 0 aliphatic carbocycles. The molecule has 120 valence electrons. The molecule has 0 saturated carbocycles. The number of nitrogens with one attached hydrogen (secondary N) is 1. The molecule has 1 unspecified atom stereocenters. The summed E-state index contributed by atoms with van der Waals surface area (Å²) in [5.41, 5.74) is 0.794. The van der Waals surface area contributed by atoms with Gasteiger partial charge in [0.1, 0.15) is 0 Å². The summed E-state index contributed by atoms with van der Waals surface area (Å²) in [6, 6.07) is 7.95. The fourth-order valence-corrected chi connectivity index (χ4v) is 3.07. The van der Waals surface area contributed by atoms with E-state index in [2.05, 4.69) is 4.72 Å². The Kier molecular flexibility index (Phi) is 6.49. The van der Waals surface area contributed by atoms with Crippen molar-refractivity contribution in [3.05, 3.63) is 35.4 Å². The van der Waals surface area contributed by atoms with Crippen LogP contribution in [0.3, 0.4) is 0 Å². The first-order valence-electron chi connectivity index (χ1n) is 6.76. The van der Waals surface area contributed by atoms with Gasteiger partial charge in [0.25, 0.3) is 10.2 Å². The Morgan fingerprint density at radius 3 is 2.45 bits per heavy atom. The van der Waals surface area contributed by atoms with Crippen molar-refractivity contribution in [2.45, 2.75) is 20.4 Å². The summed E-state index contributed by atoms with van der Waals surface area (Å²) < 4.78 is 28.0. The molecule has 8 heteroatoms. The van der Waals surface area contributed by atoms with Crippen LogP contribution in [0, 0.1) is 17.2 Å². The average molecular weight is 325 g/mol. The third-order valence-corrected chi connectivity index (χ3v) is 4.65. The first-order chi connectivity index (χ1) is 10.3. The first-order valence-corrected chi connectivity index (χ1v) is 8.20. The lowest BCUT2D eigenvalue weighted by Gasteiger charge is -2.21. The summed E-state index contributed by atoms with van der Waals surface area (Å²) in [5, 5.41) is 17.6. The highest BCUT2D eigenvalue weighted by atomic mass is 32.2. The van der Waals surface area contributed by atoms with Crippen molar-refractivity contribution in [2.75, 3.05) is 13.1 Å². The molecule has 0 saturated heterocycles. The zero-order valence-corrected chi connectivity index (χ0v) is 13.3. The third kappa shape index (κ3) is 5.11. The quantitative estimate of drug-likeness (QED) is 0.746. The monoisotopic (exact) mass is 325 g/mol. The summed E-state index contributed by atoms with van der Waals surface area (Å²) in [6.07, 6.45) is 0. The van der Waals surface area contributed by atoms with Gasteiger partial charge in [-0.1, -0.05) is 19.1 Å². The van der Waals surface area contributed by atoms with Crippen molar-refractivity contribution < 1.29 is 18.3 Å². The van der Waals surface area contributed by atoms with Crippen LogP contribution >= 0.6 is 0 Å². The molecule has 0 aliphatic rings. The summed E-state index contributed by atoms with van der Waals surface area (Å²) in [4.78, 5) is 10.7. The van der Waals surface area contributed by atoms with Crippen molar-refractivity contribution >= 4 is 16.2 Å². The predicted octanol–water partition coefficient (Wildman–Crippen LogP) is 1.20. The lowest BCUT2D eigenvalue weighted by molar-refractivity contribution is 0.0697. The number of hydrogen-bond acceptors (Lipinski definition) is 4. The highest BCUT2D eigenvalue weighted by Gasteiger charge is 2.21. The van der Waals surface area contributed by atoms with E-state index >= 15 is 0 Å². The van der Waals surface area contributed by atoms with Gasteiger partial charge in [0.05, 0.1) is 17.6 Å². The molecular weight excluding hydrogens is 306 g/mol. The normalized spacial score (nSPS) is 12.8. The maximum atomic E-state index is 12.2. The maximum absolute atomic E-state index is 12.2. The zero-order chi connectivity index (χ0) is 16.8. The molecule has 0 aliphatic heterocycles. The van der Waals surface area contributed by atoms with Crippen LogP contribution in [-0.4, -0.2) is 36.9 Å². The average Bonchev–Trinajstić information content (AvgIpc) is 2.50. The summed E-state index contributed by atoms with van der Waals surface area (Å²) in [6.45, 7) is 3.80. The van der Waals surface area contributed by atoms with Gasteiger partial charge in [-0.2, -0.15) is 22.7 Å². The molecule has 1 aromatic rings. The van der Waals surface area contributed by atoms with E-state index in [1.807, 2.05) is 6.07 Å². The van der Waals surface area contributed by atoms with Crippen LogP contribution in [0.1, 0.15) is 29.8 Å². The zero-order valence-electron chi connectivity index (χ0n) is 12.5. The third-order valence-electron chi connectivity index (χ3n) is 3.05. The molecule has 0 radical (unpaired) electrons. The van der Waals surface area contributed by atoms with Gasteiger partial charge < -0.3 is 5.11 Å². The van der Waals surface area contributed by atoms with Crippen LogP contribution < -0.4 is 4.72 Å². The Labute approximate surface area is 130 Å². The largest absolute Gasteiger partial charge is 0.478 e. The number of nitrogens with zero attached hydrogens (tertiary/aromatic N) is 2. The fraction of sp³-hybridized carbons (Fsp3) is 0.429. The number of carboxylic acid groups (broad SMARTS) is 1. The van der Waals surface area contributed by atoms with Crippen LogP contribution in [0.5, 0.6) is 0 Å². The number of benzene rings is 1. The maximum Gasteiger partial charge on any atom is 0.335 e. The minimum absolute atomic E-state index is 0.0552. The minimum atomic E-state index is -3.69. The number of rotatable bonds is 8. The Bertz CT molecular complexity index is 650. The van der Waals surface area contributed by atoms with E-state index in [0.717, 1.165) is 0 Å². The van der Waals surface area contributed by atoms with Crippen LogP contribution in [0.15, 0.2) is 24.3 Å². The van der Waals surface area contributed by atoms with Crippen molar-refractivity contribution in [3.8, 4) is 6.07 Å². The van der Waals surface area contributed by atoms with E-state index in [9.17, 15) is 13.2 Å². The van der Waals surface area contributed by atoms with E-state index in [-0.39, 0.29) is 25.2 Å². The van der Waals surface area contributed by atoms with Crippen LogP contribution in [0.4, 0.5) is 0 Å². The van der Waals surface area contributed by atoms with E-state index < -0.39 is 22.1 Å². The van der Waals surface area contributed by atoms with E-state index in [1.54, 1.807) is 26.0 Å². The minimum Gasteiger partial charge on any atom is -0.478 e. The van der Waals surface area contributed by atoms with Gasteiger partial charge in [0.2, 0.25) is 0 Å². The molecule has 7 nitrogen and oxygen atoms in total. The Balaban J connectivity index is 2.72. The molecule has 1 atom stereocenters. The topological polar surface area (TPSA) is 111 Å². The molecule has 0 aromatic heterocycles. The lowest BCUT2D eigenvalue weighted by Crippen LogP contribution is -2.42. The fourth-order valence-electron chi connectivity index (χ4n) is 1.77. The smallest absolute Gasteiger partial charge is 0.335 e. The second-order valence-corrected chi connectivity index (χ2v) is 6.56. The van der Waals surface area contributed by atoms with Gasteiger partial charge in [-0.05, 0) is 24.6 Å². The van der Waals surface area contributed by atoms with Crippen molar-refractivity contribution in [3.63, 3.8) is 0 Å². The van der Waals surface area contributed by atoms with Gasteiger partial charge in [-0.3, -0.25) is 0 Å². The molecule has 2 N–H and O–H groups in total. The molecule has 0 heterocycles. The van der Waals surface area contributed by atoms with Gasteiger partial charge in [0.15, 0.2) is 0 Å². The van der Waals surface area contributed by atoms with E-state index in [4.69, 9.17) is 10.4 Å². The number of carboxylic acids is 1. The molecule has 0 fully saturated rings. The molecule has 1 aromatic carbocycles. The van der Waals surface area contributed by atoms with E-state index in [1.165, 1.54) is 16.4 Å². The van der Waals surface area contributed by atoms with E-state index in [0.29, 0.717) is 5.56 Å². The van der Waals surface area contributed by atoms with Gasteiger partial charge >= 0.3 is 5.97 Å². The van der Waals surface area contributed by atoms with Crippen molar-refractivity contribution in [2.24, 2.45) is 5.92 Å². The van der Waals surface area contributed by atoms with Gasteiger partial charge in [0, 0.05) is 19.6 Å². The van der Waals surface area contributed by atoms with Crippen molar-refractivity contribution in [1.29, 1.82) is 5.26 Å². The molecule has 0 amide bonds. The number of aromatic carboxylic acids is 1. The number of carbonyl (C=O) groups is 1. The van der Waals surface area contributed by atoms with Crippen LogP contribution in [0.2, 0.25) is 0 Å². The number of hydrogen-bond donors (Lipinski definition) is 2. The van der Waals surface area contributed by atoms with Crippen molar-refractivity contribution in [1.82, 2.24) is 9.03 Å². The summed E-state index contributed by atoms with van der Waals surface area (Å²) in [7, 11) is -3.69. The molecule has 1 rings (SSSR count). The molecular formula is C14H19N3O4S. The number of nitriles is 1. The van der Waals surface area contributed by atoms with Crippen LogP contribution in [-0.2, 0) is 16.8 Å². The Hall–Kier alpha value is -1.95. The SMILES string of the molecule is CCN(CC(C)C#N)S(=O)(=O)NCc1ccc(C(=O)O)cc1. The Morgan fingerprint density at radius 1 is 1.41 bits per heavy atom. The van der Waals surface area contributed by atoms with Crippen LogP contribution in [0.25, 0.3) is 0 Å². The predicted molar refractivity (Wildman–Crippen MR) is 81.2 cm³/mol. The standard InChI is InChI=1S/C14H19N3O4S/c1-3-17(10-11(2)8-15)22(20,21)16-9-12-4-6-13(7-5-12)14(18)19/h4-7,11,16H,3,9-10H2,1-2H3,(H,18,19). The molecule has 0 spiro atoms. The summed E-state index contributed by atoms with van der Waals surface area (Å²) in [5.74, 6) is -1.43. The second-order valence-electron chi connectivity index (χ2n) is 4.81.